The minimum atomic E-state index is -0.566. The number of para-hydroxylation sites is 1. The predicted molar refractivity (Wildman–Crippen MR) is 76.3 cm³/mol. The Morgan fingerprint density at radius 3 is 2.81 bits per heavy atom. The van der Waals surface area contributed by atoms with Crippen molar-refractivity contribution in [3.63, 3.8) is 0 Å². The topological polar surface area (TPSA) is 77.0 Å². The third-order valence-corrected chi connectivity index (χ3v) is 3.31. The molecule has 0 aliphatic carbocycles. The van der Waals surface area contributed by atoms with E-state index >= 15 is 0 Å². The van der Waals surface area contributed by atoms with Crippen LogP contribution in [0.5, 0.6) is 0 Å². The summed E-state index contributed by atoms with van der Waals surface area (Å²) in [5.41, 5.74) is 1.52. The highest BCUT2D eigenvalue weighted by Crippen LogP contribution is 2.20. The summed E-state index contributed by atoms with van der Waals surface area (Å²) in [6.07, 6.45) is 3.13. The average molecular weight is 283 g/mol. The van der Waals surface area contributed by atoms with Gasteiger partial charge in [-0.25, -0.2) is 9.78 Å². The summed E-state index contributed by atoms with van der Waals surface area (Å²) in [5, 5.41) is 0.824. The summed E-state index contributed by atoms with van der Waals surface area (Å²) in [6, 6.07) is 7.52. The molecule has 0 fully saturated rings. The number of fused-ring (bicyclic) bond motifs is 1. The minimum Gasteiger partial charge on any atom is -0.464 e. The number of nitrogens with zero attached hydrogens (tertiary/aromatic N) is 2. The number of aryl methyl sites for hydroxylation is 1. The fourth-order valence-electron chi connectivity index (χ4n) is 2.26. The standard InChI is InChI=1S/C15H13N3O3/c1-18-8-12(15(20)21-2)17-14(18)13(19)10-7-16-11-6-4-3-5-9(10)11/h3-8,16H,1-2H3. The Hall–Kier alpha value is -2.89. The van der Waals surface area contributed by atoms with Crippen molar-refractivity contribution in [3.05, 3.63) is 53.7 Å². The van der Waals surface area contributed by atoms with Gasteiger partial charge in [0.1, 0.15) is 0 Å². The summed E-state index contributed by atoms with van der Waals surface area (Å²) in [5.74, 6) is -0.617. The molecule has 2 heterocycles. The molecule has 21 heavy (non-hydrogen) atoms. The van der Waals surface area contributed by atoms with Gasteiger partial charge in [-0.05, 0) is 6.07 Å². The first-order chi connectivity index (χ1) is 10.1. The lowest BCUT2D eigenvalue weighted by Crippen LogP contribution is -2.08. The van der Waals surface area contributed by atoms with Crippen LogP contribution in [0.4, 0.5) is 0 Å². The molecule has 0 atom stereocenters. The quantitative estimate of drug-likeness (QED) is 0.588. The number of methoxy groups -OCH3 is 1. The largest absolute Gasteiger partial charge is 0.464 e. The van der Waals surface area contributed by atoms with Gasteiger partial charge >= 0.3 is 5.97 Å². The number of ketones is 1. The predicted octanol–water partition coefficient (Wildman–Crippen LogP) is 1.92. The average Bonchev–Trinajstić information content (AvgIpc) is 3.09. The number of hydrogen-bond acceptors (Lipinski definition) is 4. The molecule has 0 aliphatic heterocycles. The van der Waals surface area contributed by atoms with E-state index in [-0.39, 0.29) is 17.3 Å². The second kappa shape index (κ2) is 4.90. The first kappa shape index (κ1) is 13.1. The van der Waals surface area contributed by atoms with E-state index in [1.165, 1.54) is 17.9 Å². The molecule has 0 saturated heterocycles. The van der Waals surface area contributed by atoms with Gasteiger partial charge in [-0.3, -0.25) is 4.79 Å². The first-order valence-corrected chi connectivity index (χ1v) is 6.34. The number of aromatic nitrogens is 3. The second-order valence-corrected chi connectivity index (χ2v) is 4.63. The Bertz CT molecular complexity index is 845. The van der Waals surface area contributed by atoms with Crippen LogP contribution in [-0.4, -0.2) is 33.4 Å². The molecule has 2 aromatic heterocycles. The molecule has 0 radical (unpaired) electrons. The van der Waals surface area contributed by atoms with Gasteiger partial charge in [0, 0.05) is 30.3 Å². The highest BCUT2D eigenvalue weighted by atomic mass is 16.5. The van der Waals surface area contributed by atoms with Gasteiger partial charge in [-0.2, -0.15) is 0 Å². The van der Waals surface area contributed by atoms with E-state index in [1.54, 1.807) is 13.2 Å². The van der Waals surface area contributed by atoms with E-state index in [9.17, 15) is 9.59 Å². The molecular formula is C15H13N3O3. The van der Waals surface area contributed by atoms with Crippen molar-refractivity contribution in [2.45, 2.75) is 0 Å². The third-order valence-electron chi connectivity index (χ3n) is 3.31. The van der Waals surface area contributed by atoms with E-state index < -0.39 is 5.97 Å². The van der Waals surface area contributed by atoms with Crippen LogP contribution in [0.2, 0.25) is 0 Å². The summed E-state index contributed by atoms with van der Waals surface area (Å²) in [7, 11) is 2.94. The van der Waals surface area contributed by atoms with Crippen molar-refractivity contribution >= 4 is 22.7 Å². The molecule has 0 spiro atoms. The SMILES string of the molecule is COC(=O)c1cn(C)c(C(=O)c2c[nH]c3ccccc23)n1. The van der Waals surface area contributed by atoms with Crippen LogP contribution in [0.1, 0.15) is 26.7 Å². The van der Waals surface area contributed by atoms with E-state index in [4.69, 9.17) is 0 Å². The van der Waals surface area contributed by atoms with Crippen LogP contribution in [0.25, 0.3) is 10.9 Å². The van der Waals surface area contributed by atoms with Crippen LogP contribution < -0.4 is 0 Å². The Balaban J connectivity index is 2.06. The highest BCUT2D eigenvalue weighted by molar-refractivity contribution is 6.15. The molecule has 0 saturated carbocycles. The van der Waals surface area contributed by atoms with Gasteiger partial charge in [-0.15, -0.1) is 0 Å². The van der Waals surface area contributed by atoms with E-state index in [2.05, 4.69) is 14.7 Å². The molecule has 3 aromatic rings. The van der Waals surface area contributed by atoms with Crippen molar-refractivity contribution in [2.75, 3.05) is 7.11 Å². The summed E-state index contributed by atoms with van der Waals surface area (Å²) < 4.78 is 6.14. The van der Waals surface area contributed by atoms with Crippen LogP contribution in [0.15, 0.2) is 36.7 Å². The molecule has 0 aliphatic rings. The van der Waals surface area contributed by atoms with Gasteiger partial charge in [0.2, 0.25) is 5.78 Å². The van der Waals surface area contributed by atoms with Crippen LogP contribution >= 0.6 is 0 Å². The molecule has 0 amide bonds. The second-order valence-electron chi connectivity index (χ2n) is 4.63. The number of aromatic amines is 1. The maximum Gasteiger partial charge on any atom is 0.358 e. The van der Waals surface area contributed by atoms with Crippen molar-refractivity contribution in [2.24, 2.45) is 7.05 Å². The Labute approximate surface area is 120 Å². The zero-order valence-electron chi connectivity index (χ0n) is 11.6. The lowest BCUT2D eigenvalue weighted by molar-refractivity contribution is 0.0594. The van der Waals surface area contributed by atoms with Gasteiger partial charge in [0.15, 0.2) is 11.5 Å². The van der Waals surface area contributed by atoms with E-state index in [1.807, 2.05) is 24.3 Å². The Morgan fingerprint density at radius 2 is 2.05 bits per heavy atom. The Morgan fingerprint density at radius 1 is 1.29 bits per heavy atom. The van der Waals surface area contributed by atoms with Gasteiger partial charge in [0.25, 0.3) is 0 Å². The van der Waals surface area contributed by atoms with Crippen LogP contribution in [0, 0.1) is 0 Å². The molecule has 0 unspecified atom stereocenters. The van der Waals surface area contributed by atoms with Gasteiger partial charge in [0.05, 0.1) is 12.7 Å². The smallest absolute Gasteiger partial charge is 0.358 e. The molecule has 6 nitrogen and oxygen atoms in total. The Kier molecular flexibility index (Phi) is 3.06. The first-order valence-electron chi connectivity index (χ1n) is 6.34. The monoisotopic (exact) mass is 283 g/mol. The van der Waals surface area contributed by atoms with Crippen molar-refractivity contribution < 1.29 is 14.3 Å². The van der Waals surface area contributed by atoms with Gasteiger partial charge < -0.3 is 14.3 Å². The molecule has 106 valence electrons. The fourth-order valence-corrected chi connectivity index (χ4v) is 2.26. The number of rotatable bonds is 3. The molecule has 0 bridgehead atoms. The molecule has 3 rings (SSSR count). The normalized spacial score (nSPS) is 10.8. The van der Waals surface area contributed by atoms with E-state index in [0.717, 1.165) is 10.9 Å². The molecule has 6 heteroatoms. The summed E-state index contributed by atoms with van der Waals surface area (Å²) in [6.45, 7) is 0. The van der Waals surface area contributed by atoms with Crippen molar-refractivity contribution in [1.29, 1.82) is 0 Å². The highest BCUT2D eigenvalue weighted by Gasteiger charge is 2.21. The number of imidazole rings is 1. The molecular weight excluding hydrogens is 270 g/mol. The minimum absolute atomic E-state index is 0.114. The number of H-pyrrole nitrogens is 1. The number of hydrogen-bond donors (Lipinski definition) is 1. The number of ether oxygens (including phenoxy) is 1. The number of esters is 1. The summed E-state index contributed by atoms with van der Waals surface area (Å²) >= 11 is 0. The number of benzene rings is 1. The summed E-state index contributed by atoms with van der Waals surface area (Å²) in [4.78, 5) is 31.2. The maximum absolute atomic E-state index is 12.6. The van der Waals surface area contributed by atoms with Gasteiger partial charge in [-0.1, -0.05) is 18.2 Å². The van der Waals surface area contributed by atoms with Crippen LogP contribution in [0.3, 0.4) is 0 Å². The molecule has 1 aromatic carbocycles. The maximum atomic E-state index is 12.6. The number of carbonyl (C=O) groups is 2. The number of carbonyl (C=O) groups excluding carboxylic acids is 2. The van der Waals surface area contributed by atoms with E-state index in [0.29, 0.717) is 5.56 Å². The lowest BCUT2D eigenvalue weighted by Gasteiger charge is -1.99. The zero-order valence-corrected chi connectivity index (χ0v) is 11.6. The zero-order chi connectivity index (χ0) is 15.0. The van der Waals surface area contributed by atoms with Crippen LogP contribution in [-0.2, 0) is 11.8 Å². The molecule has 1 N–H and O–H groups in total. The fraction of sp³-hybridized carbons (Fsp3) is 0.133. The number of nitrogens with one attached hydrogen (secondary N) is 1. The van der Waals surface area contributed by atoms with Crippen molar-refractivity contribution in [3.8, 4) is 0 Å². The lowest BCUT2D eigenvalue weighted by atomic mass is 10.1. The van der Waals surface area contributed by atoms with Crippen molar-refractivity contribution in [1.82, 2.24) is 14.5 Å². The third kappa shape index (κ3) is 2.10.